The molecular weight excluding hydrogens is 368 g/mol. The van der Waals surface area contributed by atoms with Crippen molar-refractivity contribution in [3.8, 4) is 0 Å². The highest BCUT2D eigenvalue weighted by atomic mass is 28.4. The van der Waals surface area contributed by atoms with E-state index in [4.69, 9.17) is 8.85 Å². The number of hydrogen-bond donors (Lipinski definition) is 0. The maximum Gasteiger partial charge on any atom is 0.334 e. The molecule has 0 atom stereocenters. The molecule has 0 radical (unpaired) electrons. The first-order valence-electron chi connectivity index (χ1n) is 11.7. The van der Waals surface area contributed by atoms with Gasteiger partial charge < -0.3 is 18.3 Å². The van der Waals surface area contributed by atoms with Crippen molar-refractivity contribution in [2.75, 3.05) is 45.9 Å². The third-order valence-electron chi connectivity index (χ3n) is 6.43. The molecule has 0 aliphatic carbocycles. The van der Waals surface area contributed by atoms with Crippen molar-refractivity contribution >= 4 is 16.8 Å². The molecule has 0 aliphatic rings. The maximum absolute atomic E-state index is 6.02. The predicted molar refractivity (Wildman–Crippen MR) is 125 cm³/mol. The summed E-state index contributed by atoms with van der Waals surface area (Å²) < 4.78 is 15.0. The van der Waals surface area contributed by atoms with Gasteiger partial charge in [0, 0.05) is 26.3 Å². The molecule has 0 aromatic carbocycles. The van der Waals surface area contributed by atoms with E-state index in [1.54, 1.807) is 0 Å². The lowest BCUT2D eigenvalue weighted by molar-refractivity contribution is 0.187. The highest BCUT2D eigenvalue weighted by Gasteiger charge is 2.34. The zero-order chi connectivity index (χ0) is 20.8. The van der Waals surface area contributed by atoms with Crippen LogP contribution in [0, 0.1) is 0 Å². The summed E-state index contributed by atoms with van der Waals surface area (Å²) >= 11 is 0. The number of likely N-dealkylation sites (N-methyl/N-ethyl adjacent to an activating group) is 1. The zero-order valence-electron chi connectivity index (χ0n) is 19.9. The number of nitrogens with zero attached hydrogens (tertiary/aromatic N) is 2. The van der Waals surface area contributed by atoms with Crippen molar-refractivity contribution in [1.29, 1.82) is 0 Å². The van der Waals surface area contributed by atoms with E-state index >= 15 is 0 Å². The van der Waals surface area contributed by atoms with Gasteiger partial charge in [0.25, 0.3) is 0 Å². The fraction of sp³-hybridized carbons (Fsp3) is 1.00. The van der Waals surface area contributed by atoms with Crippen LogP contribution in [0.25, 0.3) is 0 Å². The van der Waals surface area contributed by atoms with Crippen molar-refractivity contribution < 1.29 is 8.85 Å². The molecule has 6 heteroatoms. The minimum absolute atomic E-state index is 0.774. The monoisotopic (exact) mass is 418 g/mol. The Bertz CT molecular complexity index is 337. The summed E-state index contributed by atoms with van der Waals surface area (Å²) in [4.78, 5) is 2.57. The molecule has 0 bridgehead atoms. The molecule has 0 fully saturated rings. The van der Waals surface area contributed by atoms with Gasteiger partial charge in [-0.1, -0.05) is 41.0 Å². The van der Waals surface area contributed by atoms with Crippen LogP contribution in [0.4, 0.5) is 0 Å². The van der Waals surface area contributed by atoms with Crippen molar-refractivity contribution in [3.63, 3.8) is 0 Å². The Morgan fingerprint density at radius 3 is 1.59 bits per heavy atom. The molecule has 0 aliphatic heterocycles. The topological polar surface area (TPSA) is 24.9 Å². The van der Waals surface area contributed by atoms with Crippen LogP contribution in [0.2, 0.25) is 30.7 Å². The summed E-state index contributed by atoms with van der Waals surface area (Å²) in [7, 11) is -3.27. The van der Waals surface area contributed by atoms with Gasteiger partial charge in [0.05, 0.1) is 0 Å². The fourth-order valence-electron chi connectivity index (χ4n) is 4.35. The largest absolute Gasteiger partial charge is 0.395 e. The normalized spacial score (nSPS) is 13.1. The highest BCUT2D eigenvalue weighted by Crippen LogP contribution is 2.26. The molecule has 0 saturated heterocycles. The first-order chi connectivity index (χ1) is 12.9. The molecule has 0 unspecified atom stereocenters. The average molecular weight is 419 g/mol. The van der Waals surface area contributed by atoms with Crippen LogP contribution in [-0.4, -0.2) is 72.2 Å². The number of rotatable bonds is 18. The van der Waals surface area contributed by atoms with E-state index < -0.39 is 16.8 Å². The van der Waals surface area contributed by atoms with E-state index in [1.165, 1.54) is 50.6 Å². The Morgan fingerprint density at radius 2 is 1.19 bits per heavy atom. The van der Waals surface area contributed by atoms with Gasteiger partial charge in [0.1, 0.15) is 8.24 Å². The van der Waals surface area contributed by atoms with Crippen LogP contribution in [0.1, 0.15) is 61.3 Å². The van der Waals surface area contributed by atoms with Gasteiger partial charge >= 0.3 is 8.56 Å². The molecule has 0 rings (SSSR count). The van der Waals surface area contributed by atoms with E-state index in [1.807, 2.05) is 0 Å². The molecule has 0 spiro atoms. The zero-order valence-corrected chi connectivity index (χ0v) is 21.9. The number of unbranched alkanes of at least 4 members (excludes halogenated alkanes) is 1. The summed E-state index contributed by atoms with van der Waals surface area (Å²) in [6.07, 6.45) is 2.50. The van der Waals surface area contributed by atoms with Gasteiger partial charge in [0.15, 0.2) is 0 Å². The first kappa shape index (κ1) is 27.3. The van der Waals surface area contributed by atoms with Crippen molar-refractivity contribution in [2.45, 2.75) is 92.0 Å². The van der Waals surface area contributed by atoms with Gasteiger partial charge in [0.2, 0.25) is 0 Å². The molecule has 4 nitrogen and oxygen atoms in total. The second-order valence-electron chi connectivity index (χ2n) is 7.76. The van der Waals surface area contributed by atoms with Crippen molar-refractivity contribution in [3.05, 3.63) is 0 Å². The van der Waals surface area contributed by atoms with Gasteiger partial charge in [-0.25, -0.2) is 0 Å². The van der Waals surface area contributed by atoms with Crippen LogP contribution in [0.5, 0.6) is 0 Å². The van der Waals surface area contributed by atoms with Crippen LogP contribution < -0.4 is 0 Å². The minimum atomic E-state index is -1.96. The van der Waals surface area contributed by atoms with Gasteiger partial charge in [-0.05, 0) is 70.6 Å². The Labute approximate surface area is 173 Å². The lowest BCUT2D eigenvalue weighted by Crippen LogP contribution is -2.54. The molecule has 0 amide bonds. The summed E-state index contributed by atoms with van der Waals surface area (Å²) in [5.74, 6) is 0. The SMILES string of the molecule is CCO[Si](C)(CCCCN(CCN(CC)CC)[Si](CC)(CC)CC)OCC. The van der Waals surface area contributed by atoms with Crippen LogP contribution >= 0.6 is 0 Å². The van der Waals surface area contributed by atoms with E-state index in [0.717, 1.165) is 32.3 Å². The van der Waals surface area contributed by atoms with Crippen LogP contribution in [-0.2, 0) is 8.85 Å². The third kappa shape index (κ3) is 9.54. The Kier molecular flexibility index (Phi) is 15.3. The van der Waals surface area contributed by atoms with Crippen LogP contribution in [0.15, 0.2) is 0 Å². The Morgan fingerprint density at radius 1 is 0.667 bits per heavy atom. The van der Waals surface area contributed by atoms with Gasteiger partial charge in [-0.2, -0.15) is 0 Å². The van der Waals surface area contributed by atoms with Crippen molar-refractivity contribution in [2.24, 2.45) is 0 Å². The molecule has 0 aromatic heterocycles. The molecular formula is C21H50N2O2Si2. The van der Waals surface area contributed by atoms with Gasteiger partial charge in [-0.15, -0.1) is 0 Å². The Hall–Kier alpha value is 0.274. The second-order valence-corrected chi connectivity index (χ2v) is 16.3. The van der Waals surface area contributed by atoms with Gasteiger partial charge in [-0.3, -0.25) is 0 Å². The summed E-state index contributed by atoms with van der Waals surface area (Å²) in [6.45, 7) is 25.8. The standard InChI is InChI=1S/C21H50N2O2Si2/c1-9-22(10-2)19-20-23(27(13-5,14-6)15-7)18-16-17-21-26(8,24-11-3)25-12-4/h9-21H2,1-8H3. The highest BCUT2D eigenvalue weighted by molar-refractivity contribution is 6.77. The maximum atomic E-state index is 6.02. The quantitative estimate of drug-likeness (QED) is 0.215. The summed E-state index contributed by atoms with van der Waals surface area (Å²) in [5, 5.41) is 0. The van der Waals surface area contributed by atoms with Crippen molar-refractivity contribution in [1.82, 2.24) is 9.47 Å². The molecule has 27 heavy (non-hydrogen) atoms. The third-order valence-corrected chi connectivity index (χ3v) is 15.2. The lowest BCUT2D eigenvalue weighted by Gasteiger charge is -2.42. The number of hydrogen-bond acceptors (Lipinski definition) is 4. The molecule has 0 saturated carbocycles. The smallest absolute Gasteiger partial charge is 0.334 e. The Balaban J connectivity index is 4.84. The minimum Gasteiger partial charge on any atom is -0.395 e. The molecule has 0 N–H and O–H groups in total. The fourth-order valence-corrected chi connectivity index (χ4v) is 10.9. The molecule has 164 valence electrons. The summed E-state index contributed by atoms with van der Waals surface area (Å²) in [6, 6.07) is 5.26. The predicted octanol–water partition coefficient (Wildman–Crippen LogP) is 5.56. The van der Waals surface area contributed by atoms with Crippen LogP contribution in [0.3, 0.4) is 0 Å². The molecule has 0 heterocycles. The first-order valence-corrected chi connectivity index (χ1v) is 16.7. The lowest BCUT2D eigenvalue weighted by atomic mass is 10.3. The van der Waals surface area contributed by atoms with E-state index in [9.17, 15) is 0 Å². The second kappa shape index (κ2) is 15.2. The van der Waals surface area contributed by atoms with E-state index in [-0.39, 0.29) is 0 Å². The summed E-state index contributed by atoms with van der Waals surface area (Å²) in [5.41, 5.74) is 0. The van der Waals surface area contributed by atoms with E-state index in [2.05, 4.69) is 64.5 Å². The molecule has 0 aromatic rings. The average Bonchev–Trinajstić information content (AvgIpc) is 2.67. The van der Waals surface area contributed by atoms with E-state index in [0.29, 0.717) is 0 Å².